The van der Waals surface area contributed by atoms with Crippen molar-refractivity contribution in [1.82, 2.24) is 4.90 Å². The lowest BCUT2D eigenvalue weighted by atomic mass is 9.97. The van der Waals surface area contributed by atoms with Gasteiger partial charge in [-0.25, -0.2) is 0 Å². The third-order valence-electron chi connectivity index (χ3n) is 3.49. The van der Waals surface area contributed by atoms with Gasteiger partial charge in [0.05, 0.1) is 10.6 Å². The van der Waals surface area contributed by atoms with E-state index >= 15 is 0 Å². The van der Waals surface area contributed by atoms with Crippen LogP contribution in [0.1, 0.15) is 28.8 Å². The number of hydrogen-bond acceptors (Lipinski definition) is 2. The Bertz CT molecular complexity index is 451. The molecular formula is C14H20Cl2N2O. The highest BCUT2D eigenvalue weighted by atomic mass is 35.5. The molecule has 5 heteroatoms. The topological polar surface area (TPSA) is 46.3 Å². The van der Waals surface area contributed by atoms with Crippen molar-refractivity contribution in [2.75, 3.05) is 19.6 Å². The van der Waals surface area contributed by atoms with Gasteiger partial charge in [0.2, 0.25) is 0 Å². The molecule has 0 radical (unpaired) electrons. The normalized spacial score (nSPS) is 18.9. The molecule has 0 bridgehead atoms. The Kier molecular flexibility index (Phi) is 6.11. The molecule has 19 heavy (non-hydrogen) atoms. The van der Waals surface area contributed by atoms with Gasteiger partial charge in [-0.1, -0.05) is 17.7 Å². The summed E-state index contributed by atoms with van der Waals surface area (Å²) in [6.45, 7) is 4.16. The van der Waals surface area contributed by atoms with Crippen molar-refractivity contribution in [2.24, 2.45) is 11.7 Å². The lowest BCUT2D eigenvalue weighted by Gasteiger charge is -2.32. The Balaban J connectivity index is 0.00000180. The van der Waals surface area contributed by atoms with Gasteiger partial charge in [-0.2, -0.15) is 0 Å². The molecule has 1 saturated heterocycles. The van der Waals surface area contributed by atoms with Gasteiger partial charge in [0.25, 0.3) is 5.91 Å². The second kappa shape index (κ2) is 7.13. The highest BCUT2D eigenvalue weighted by molar-refractivity contribution is 6.33. The van der Waals surface area contributed by atoms with Crippen LogP contribution < -0.4 is 5.73 Å². The first-order valence-electron chi connectivity index (χ1n) is 6.37. The number of nitrogens with two attached hydrogens (primary N) is 1. The number of piperidine rings is 1. The average molecular weight is 303 g/mol. The van der Waals surface area contributed by atoms with Crippen LogP contribution in [0.25, 0.3) is 0 Å². The molecule has 1 amide bonds. The minimum absolute atomic E-state index is 0. The molecule has 0 saturated carbocycles. The van der Waals surface area contributed by atoms with Crippen LogP contribution in [-0.2, 0) is 0 Å². The molecule has 1 aromatic carbocycles. The number of likely N-dealkylation sites (tertiary alicyclic amines) is 1. The quantitative estimate of drug-likeness (QED) is 0.913. The number of nitrogens with zero attached hydrogens (tertiary/aromatic N) is 1. The summed E-state index contributed by atoms with van der Waals surface area (Å²) in [6.07, 6.45) is 2.14. The van der Waals surface area contributed by atoms with Crippen molar-refractivity contribution in [3.05, 3.63) is 34.3 Å². The summed E-state index contributed by atoms with van der Waals surface area (Å²) >= 11 is 6.14. The standard InChI is InChI=1S/C14H19ClN2O.ClH/c1-10-4-5-12(13(15)7-10)14(18)17-6-2-3-11(8-16)9-17;/h4-5,7,11H,2-3,6,8-9,16H2,1H3;1H. The predicted molar refractivity (Wildman–Crippen MR) is 81.1 cm³/mol. The number of benzene rings is 1. The minimum Gasteiger partial charge on any atom is -0.338 e. The second-order valence-electron chi connectivity index (χ2n) is 4.98. The van der Waals surface area contributed by atoms with Crippen LogP contribution in [0, 0.1) is 12.8 Å². The number of rotatable bonds is 2. The summed E-state index contributed by atoms with van der Waals surface area (Å²) in [5, 5.41) is 0.537. The maximum Gasteiger partial charge on any atom is 0.255 e. The van der Waals surface area contributed by atoms with Crippen molar-refractivity contribution in [3.63, 3.8) is 0 Å². The van der Waals surface area contributed by atoms with E-state index in [1.165, 1.54) is 0 Å². The fourth-order valence-corrected chi connectivity index (χ4v) is 2.72. The first-order valence-corrected chi connectivity index (χ1v) is 6.75. The van der Waals surface area contributed by atoms with Crippen molar-refractivity contribution in [2.45, 2.75) is 19.8 Å². The highest BCUT2D eigenvalue weighted by Gasteiger charge is 2.24. The summed E-state index contributed by atoms with van der Waals surface area (Å²) in [7, 11) is 0. The zero-order chi connectivity index (χ0) is 13.1. The number of aryl methyl sites for hydroxylation is 1. The molecule has 2 N–H and O–H groups in total. The van der Waals surface area contributed by atoms with E-state index in [4.69, 9.17) is 17.3 Å². The van der Waals surface area contributed by atoms with E-state index in [2.05, 4.69) is 0 Å². The summed E-state index contributed by atoms with van der Waals surface area (Å²) in [4.78, 5) is 14.3. The molecule has 1 aliphatic heterocycles. The summed E-state index contributed by atoms with van der Waals surface area (Å²) in [6, 6.07) is 5.56. The maximum absolute atomic E-state index is 12.4. The Labute approximate surface area is 125 Å². The predicted octanol–water partition coefficient (Wildman–Crippen LogP) is 2.88. The van der Waals surface area contributed by atoms with Crippen molar-refractivity contribution < 1.29 is 4.79 Å². The van der Waals surface area contributed by atoms with Gasteiger partial charge in [0.15, 0.2) is 0 Å². The molecule has 1 atom stereocenters. The molecule has 1 aliphatic rings. The molecule has 1 aromatic rings. The van der Waals surface area contributed by atoms with Gasteiger partial charge in [-0.15, -0.1) is 12.4 Å². The monoisotopic (exact) mass is 302 g/mol. The first kappa shape index (κ1) is 16.3. The van der Waals surface area contributed by atoms with Crippen molar-refractivity contribution in [3.8, 4) is 0 Å². The number of hydrogen-bond donors (Lipinski definition) is 1. The Morgan fingerprint density at radius 1 is 1.53 bits per heavy atom. The van der Waals surface area contributed by atoms with Gasteiger partial charge in [-0.05, 0) is 49.9 Å². The molecule has 1 fully saturated rings. The smallest absolute Gasteiger partial charge is 0.255 e. The average Bonchev–Trinajstić information content (AvgIpc) is 2.38. The molecule has 106 valence electrons. The van der Waals surface area contributed by atoms with Gasteiger partial charge in [0.1, 0.15) is 0 Å². The van der Waals surface area contributed by atoms with E-state index < -0.39 is 0 Å². The molecule has 1 heterocycles. The van der Waals surface area contributed by atoms with E-state index in [1.54, 1.807) is 0 Å². The van der Waals surface area contributed by atoms with Crippen LogP contribution in [0.3, 0.4) is 0 Å². The van der Waals surface area contributed by atoms with Gasteiger partial charge < -0.3 is 10.6 Å². The number of carbonyl (C=O) groups excluding carboxylic acids is 1. The molecule has 3 nitrogen and oxygen atoms in total. The number of carbonyl (C=O) groups is 1. The number of amides is 1. The Hall–Kier alpha value is -0.770. The largest absolute Gasteiger partial charge is 0.338 e. The van der Waals surface area contributed by atoms with Crippen LogP contribution in [0.4, 0.5) is 0 Å². The van der Waals surface area contributed by atoms with E-state index in [0.717, 1.165) is 31.5 Å². The van der Waals surface area contributed by atoms with Gasteiger partial charge in [0, 0.05) is 13.1 Å². The first-order chi connectivity index (χ1) is 8.61. The third kappa shape index (κ3) is 3.85. The van der Waals surface area contributed by atoms with E-state index in [9.17, 15) is 4.79 Å². The lowest BCUT2D eigenvalue weighted by molar-refractivity contribution is 0.0678. The molecule has 0 spiro atoms. The molecule has 0 aliphatic carbocycles. The third-order valence-corrected chi connectivity index (χ3v) is 3.81. The van der Waals surface area contributed by atoms with Crippen LogP contribution >= 0.6 is 24.0 Å². The van der Waals surface area contributed by atoms with Crippen molar-refractivity contribution >= 4 is 29.9 Å². The molecular weight excluding hydrogens is 283 g/mol. The highest BCUT2D eigenvalue weighted by Crippen LogP contribution is 2.22. The molecule has 1 unspecified atom stereocenters. The zero-order valence-corrected chi connectivity index (χ0v) is 12.6. The second-order valence-corrected chi connectivity index (χ2v) is 5.39. The minimum atomic E-state index is 0. The fourth-order valence-electron chi connectivity index (χ4n) is 2.41. The SMILES string of the molecule is Cc1ccc(C(=O)N2CCCC(CN)C2)c(Cl)c1.Cl. The van der Waals surface area contributed by atoms with Crippen LogP contribution in [0.5, 0.6) is 0 Å². The van der Waals surface area contributed by atoms with E-state index in [1.807, 2.05) is 30.0 Å². The summed E-state index contributed by atoms with van der Waals surface area (Å²) in [5.41, 5.74) is 7.35. The Morgan fingerprint density at radius 2 is 2.26 bits per heavy atom. The summed E-state index contributed by atoms with van der Waals surface area (Å²) < 4.78 is 0. The van der Waals surface area contributed by atoms with Crippen molar-refractivity contribution in [1.29, 1.82) is 0 Å². The lowest BCUT2D eigenvalue weighted by Crippen LogP contribution is -2.42. The van der Waals surface area contributed by atoms with Gasteiger partial charge >= 0.3 is 0 Å². The van der Waals surface area contributed by atoms with E-state index in [0.29, 0.717) is 23.0 Å². The summed E-state index contributed by atoms with van der Waals surface area (Å²) in [5.74, 6) is 0.449. The maximum atomic E-state index is 12.4. The van der Waals surface area contributed by atoms with Crippen LogP contribution in [0.2, 0.25) is 5.02 Å². The van der Waals surface area contributed by atoms with Gasteiger partial charge in [-0.3, -0.25) is 4.79 Å². The Morgan fingerprint density at radius 3 is 2.89 bits per heavy atom. The number of halogens is 2. The van der Waals surface area contributed by atoms with E-state index in [-0.39, 0.29) is 18.3 Å². The molecule has 0 aromatic heterocycles. The van der Waals surface area contributed by atoms with Crippen LogP contribution in [-0.4, -0.2) is 30.4 Å². The van der Waals surface area contributed by atoms with Crippen LogP contribution in [0.15, 0.2) is 18.2 Å². The zero-order valence-electron chi connectivity index (χ0n) is 11.1. The fraction of sp³-hybridized carbons (Fsp3) is 0.500. The molecule has 2 rings (SSSR count).